The maximum absolute atomic E-state index is 12.2. The molecular formula is C30H33N3O4S. The van der Waals surface area contributed by atoms with E-state index in [0.717, 1.165) is 18.4 Å². The van der Waals surface area contributed by atoms with Crippen molar-refractivity contribution in [2.75, 3.05) is 17.2 Å². The Morgan fingerprint density at radius 1 is 0.632 bits per heavy atom. The van der Waals surface area contributed by atoms with Crippen molar-refractivity contribution in [1.29, 1.82) is 0 Å². The number of rotatable bonds is 13. The van der Waals surface area contributed by atoms with Crippen molar-refractivity contribution >= 4 is 46.5 Å². The molecule has 0 aliphatic heterocycles. The summed E-state index contributed by atoms with van der Waals surface area (Å²) in [6, 6.07) is 26.9. The normalized spacial score (nSPS) is 10.3. The molecule has 0 aliphatic carbocycles. The molecule has 3 N–H and O–H groups in total. The van der Waals surface area contributed by atoms with E-state index in [4.69, 9.17) is 17.0 Å². The Bertz CT molecular complexity index is 1190. The van der Waals surface area contributed by atoms with E-state index in [9.17, 15) is 14.4 Å². The predicted octanol–water partition coefficient (Wildman–Crippen LogP) is 5.42. The summed E-state index contributed by atoms with van der Waals surface area (Å²) in [7, 11) is 0. The number of ether oxygens (including phenoxy) is 1. The smallest absolute Gasteiger partial charge is 0.305 e. The van der Waals surface area contributed by atoms with Gasteiger partial charge in [-0.15, -0.1) is 0 Å². The molecule has 0 heterocycles. The molecule has 198 valence electrons. The van der Waals surface area contributed by atoms with E-state index in [1.54, 1.807) is 24.3 Å². The van der Waals surface area contributed by atoms with Gasteiger partial charge in [0.25, 0.3) is 0 Å². The zero-order valence-corrected chi connectivity index (χ0v) is 22.1. The average molecular weight is 532 g/mol. The minimum absolute atomic E-state index is 0.0617. The van der Waals surface area contributed by atoms with E-state index in [1.807, 2.05) is 60.7 Å². The van der Waals surface area contributed by atoms with Gasteiger partial charge in [-0.1, -0.05) is 60.7 Å². The molecule has 0 aromatic heterocycles. The van der Waals surface area contributed by atoms with Crippen LogP contribution in [0.2, 0.25) is 0 Å². The maximum Gasteiger partial charge on any atom is 0.305 e. The van der Waals surface area contributed by atoms with Gasteiger partial charge >= 0.3 is 5.97 Å². The van der Waals surface area contributed by atoms with Crippen LogP contribution in [0.4, 0.5) is 11.4 Å². The van der Waals surface area contributed by atoms with Gasteiger partial charge in [0.05, 0.1) is 6.61 Å². The third-order valence-electron chi connectivity index (χ3n) is 5.66. The van der Waals surface area contributed by atoms with Crippen LogP contribution in [0.25, 0.3) is 0 Å². The zero-order chi connectivity index (χ0) is 27.0. The third-order valence-corrected chi connectivity index (χ3v) is 5.87. The number of carbonyl (C=O) groups excluding carboxylic acids is 3. The first kappa shape index (κ1) is 28.5. The van der Waals surface area contributed by atoms with Gasteiger partial charge in [0.1, 0.15) is 0 Å². The molecule has 2 amide bonds. The second-order valence-electron chi connectivity index (χ2n) is 8.78. The lowest BCUT2D eigenvalue weighted by Gasteiger charge is -2.11. The van der Waals surface area contributed by atoms with Crippen LogP contribution < -0.4 is 16.0 Å². The predicted molar refractivity (Wildman–Crippen MR) is 154 cm³/mol. The SMILES string of the molecule is O=C(CCCC(=O)OCCCc1ccccc1)NC(=S)Nc1ccc(NC(=O)CCc2ccccc2)cc1. The molecular weight excluding hydrogens is 498 g/mol. The monoisotopic (exact) mass is 531 g/mol. The van der Waals surface area contributed by atoms with Crippen LogP contribution in [0.3, 0.4) is 0 Å². The van der Waals surface area contributed by atoms with Crippen LogP contribution in [0.15, 0.2) is 84.9 Å². The van der Waals surface area contributed by atoms with E-state index in [2.05, 4.69) is 16.0 Å². The number of esters is 1. The molecule has 0 aliphatic rings. The minimum Gasteiger partial charge on any atom is -0.466 e. The van der Waals surface area contributed by atoms with Gasteiger partial charge in [-0.25, -0.2) is 0 Å². The third kappa shape index (κ3) is 11.3. The number of hydrogen-bond acceptors (Lipinski definition) is 5. The van der Waals surface area contributed by atoms with Gasteiger partial charge in [0.2, 0.25) is 11.8 Å². The molecule has 3 aromatic rings. The molecule has 8 heteroatoms. The van der Waals surface area contributed by atoms with E-state index in [-0.39, 0.29) is 35.7 Å². The lowest BCUT2D eigenvalue weighted by Crippen LogP contribution is -2.34. The maximum atomic E-state index is 12.2. The van der Waals surface area contributed by atoms with Crippen molar-refractivity contribution in [2.24, 2.45) is 0 Å². The minimum atomic E-state index is -0.307. The number of benzene rings is 3. The molecule has 0 saturated carbocycles. The number of thiocarbonyl (C=S) groups is 1. The van der Waals surface area contributed by atoms with E-state index < -0.39 is 0 Å². The fourth-order valence-electron chi connectivity index (χ4n) is 3.69. The second kappa shape index (κ2) is 15.9. The van der Waals surface area contributed by atoms with Crippen LogP contribution in [-0.2, 0) is 32.0 Å². The Balaban J connectivity index is 1.26. The van der Waals surface area contributed by atoms with Gasteiger partial charge in [0.15, 0.2) is 5.11 Å². The highest BCUT2D eigenvalue weighted by Gasteiger charge is 2.09. The Hall–Kier alpha value is -4.04. The van der Waals surface area contributed by atoms with Crippen molar-refractivity contribution in [3.63, 3.8) is 0 Å². The van der Waals surface area contributed by atoms with E-state index >= 15 is 0 Å². The van der Waals surface area contributed by atoms with Crippen molar-refractivity contribution in [3.05, 3.63) is 96.1 Å². The zero-order valence-electron chi connectivity index (χ0n) is 21.3. The number of aryl methyl sites for hydroxylation is 2. The fourth-order valence-corrected chi connectivity index (χ4v) is 3.92. The first-order chi connectivity index (χ1) is 18.5. The summed E-state index contributed by atoms with van der Waals surface area (Å²) in [5.41, 5.74) is 3.68. The Morgan fingerprint density at radius 2 is 1.21 bits per heavy atom. The number of nitrogens with one attached hydrogen (secondary N) is 3. The molecule has 3 rings (SSSR count). The van der Waals surface area contributed by atoms with Crippen LogP contribution in [-0.4, -0.2) is 29.5 Å². The second-order valence-corrected chi connectivity index (χ2v) is 9.18. The molecule has 0 radical (unpaired) electrons. The van der Waals surface area contributed by atoms with Crippen LogP contribution in [0, 0.1) is 0 Å². The lowest BCUT2D eigenvalue weighted by molar-refractivity contribution is -0.143. The lowest BCUT2D eigenvalue weighted by atomic mass is 10.1. The topological polar surface area (TPSA) is 96.5 Å². The molecule has 0 saturated heterocycles. The van der Waals surface area contributed by atoms with Gasteiger partial charge in [-0.3, -0.25) is 14.4 Å². The van der Waals surface area contributed by atoms with Gasteiger partial charge in [0, 0.05) is 30.6 Å². The Kier molecular flexibility index (Phi) is 12.0. The van der Waals surface area contributed by atoms with Crippen molar-refractivity contribution in [3.8, 4) is 0 Å². The van der Waals surface area contributed by atoms with Gasteiger partial charge in [-0.2, -0.15) is 0 Å². The summed E-state index contributed by atoms with van der Waals surface area (Å²) in [6.07, 6.45) is 3.41. The van der Waals surface area contributed by atoms with Crippen molar-refractivity contribution < 1.29 is 19.1 Å². The summed E-state index contributed by atoms with van der Waals surface area (Å²) in [5, 5.41) is 8.59. The van der Waals surface area contributed by atoms with Crippen LogP contribution >= 0.6 is 12.2 Å². The number of carbonyl (C=O) groups is 3. The Morgan fingerprint density at radius 3 is 1.84 bits per heavy atom. The number of amides is 2. The fraction of sp³-hybridized carbons (Fsp3) is 0.267. The molecule has 0 bridgehead atoms. The molecule has 7 nitrogen and oxygen atoms in total. The van der Waals surface area contributed by atoms with Crippen molar-refractivity contribution in [2.45, 2.75) is 44.9 Å². The quantitative estimate of drug-likeness (QED) is 0.155. The van der Waals surface area contributed by atoms with E-state index in [1.165, 1.54) is 5.56 Å². The number of hydrogen-bond donors (Lipinski definition) is 3. The van der Waals surface area contributed by atoms with E-state index in [0.29, 0.717) is 37.2 Å². The largest absolute Gasteiger partial charge is 0.466 e. The molecule has 0 atom stereocenters. The van der Waals surface area contributed by atoms with Crippen LogP contribution in [0.1, 0.15) is 43.2 Å². The summed E-state index contributed by atoms with van der Waals surface area (Å²) < 4.78 is 5.24. The van der Waals surface area contributed by atoms with Crippen molar-refractivity contribution in [1.82, 2.24) is 5.32 Å². The highest BCUT2D eigenvalue weighted by atomic mass is 32.1. The number of anilines is 2. The summed E-state index contributed by atoms with van der Waals surface area (Å²) in [5.74, 6) is -0.645. The molecule has 0 unspecified atom stereocenters. The molecule has 38 heavy (non-hydrogen) atoms. The first-order valence-corrected chi connectivity index (χ1v) is 13.1. The first-order valence-electron chi connectivity index (χ1n) is 12.7. The molecule has 0 fully saturated rings. The van der Waals surface area contributed by atoms with Crippen LogP contribution in [0.5, 0.6) is 0 Å². The highest BCUT2D eigenvalue weighted by molar-refractivity contribution is 7.80. The molecule has 0 spiro atoms. The van der Waals surface area contributed by atoms with Gasteiger partial charge in [-0.05, 0) is 73.3 Å². The van der Waals surface area contributed by atoms with Gasteiger partial charge < -0.3 is 20.7 Å². The highest BCUT2D eigenvalue weighted by Crippen LogP contribution is 2.14. The molecule has 3 aromatic carbocycles. The summed E-state index contributed by atoms with van der Waals surface area (Å²) in [4.78, 5) is 36.2. The summed E-state index contributed by atoms with van der Waals surface area (Å²) >= 11 is 5.20. The summed E-state index contributed by atoms with van der Waals surface area (Å²) in [6.45, 7) is 0.365. The average Bonchev–Trinajstić information content (AvgIpc) is 2.92. The standard InChI is InChI=1S/C30H33N3O4S/c34-27(14-7-15-29(36)37-22-8-13-23-9-3-1-4-10-23)33-30(38)32-26-19-17-25(18-20-26)31-28(35)21-16-24-11-5-2-6-12-24/h1-6,9-12,17-20H,7-8,13-16,21-22H2,(H,31,35)(H2,32,33,34,38). The Labute approximate surface area is 229 Å².